The predicted molar refractivity (Wildman–Crippen MR) is 91.3 cm³/mol. The van der Waals surface area contributed by atoms with E-state index in [4.69, 9.17) is 0 Å². The van der Waals surface area contributed by atoms with Crippen LogP contribution in [-0.2, 0) is 0 Å². The highest BCUT2D eigenvalue weighted by atomic mass is 79.9. The van der Waals surface area contributed by atoms with Gasteiger partial charge < -0.3 is 5.32 Å². The van der Waals surface area contributed by atoms with Gasteiger partial charge in [0.15, 0.2) is 0 Å². The smallest absolute Gasteiger partial charge is 0.0449 e. The van der Waals surface area contributed by atoms with Crippen molar-refractivity contribution in [3.63, 3.8) is 0 Å². The van der Waals surface area contributed by atoms with E-state index in [2.05, 4.69) is 87.7 Å². The van der Waals surface area contributed by atoms with Gasteiger partial charge in [0, 0.05) is 36.2 Å². The maximum atomic E-state index is 3.63. The fourth-order valence-electron chi connectivity index (χ4n) is 3.01. The van der Waals surface area contributed by atoms with E-state index in [1.807, 2.05) is 0 Å². The van der Waals surface area contributed by atoms with Crippen LogP contribution in [0.25, 0.3) is 0 Å². The summed E-state index contributed by atoms with van der Waals surface area (Å²) in [5.74, 6) is 0. The van der Waals surface area contributed by atoms with Gasteiger partial charge in [0.05, 0.1) is 0 Å². The van der Waals surface area contributed by atoms with Crippen LogP contribution in [-0.4, -0.2) is 24.5 Å². The SMILES string of the molecule is CC(c1cccc(Br)c1)N1CCNC(c2ccccc2)C1. The van der Waals surface area contributed by atoms with Crippen molar-refractivity contribution in [2.45, 2.75) is 19.0 Å². The van der Waals surface area contributed by atoms with E-state index < -0.39 is 0 Å². The molecule has 2 nitrogen and oxygen atoms in total. The van der Waals surface area contributed by atoms with Crippen molar-refractivity contribution in [3.8, 4) is 0 Å². The van der Waals surface area contributed by atoms with Crippen molar-refractivity contribution in [2.75, 3.05) is 19.6 Å². The second-order valence-corrected chi connectivity index (χ2v) is 6.56. The number of rotatable bonds is 3. The van der Waals surface area contributed by atoms with E-state index >= 15 is 0 Å². The summed E-state index contributed by atoms with van der Waals surface area (Å²) in [6.07, 6.45) is 0. The number of halogens is 1. The highest BCUT2D eigenvalue weighted by Gasteiger charge is 2.24. The quantitative estimate of drug-likeness (QED) is 0.899. The van der Waals surface area contributed by atoms with Crippen LogP contribution in [0, 0.1) is 0 Å². The minimum Gasteiger partial charge on any atom is -0.308 e. The Morgan fingerprint density at radius 3 is 2.71 bits per heavy atom. The maximum Gasteiger partial charge on any atom is 0.0449 e. The molecule has 0 radical (unpaired) electrons. The Balaban J connectivity index is 1.74. The predicted octanol–water partition coefficient (Wildman–Crippen LogP) is 4.16. The fourth-order valence-corrected chi connectivity index (χ4v) is 3.43. The maximum absolute atomic E-state index is 3.63. The first-order valence-electron chi connectivity index (χ1n) is 7.52. The van der Waals surface area contributed by atoms with Gasteiger partial charge in [-0.3, -0.25) is 4.90 Å². The summed E-state index contributed by atoms with van der Waals surface area (Å²) in [7, 11) is 0. The molecule has 3 heteroatoms. The number of nitrogens with zero attached hydrogens (tertiary/aromatic N) is 1. The third-order valence-electron chi connectivity index (χ3n) is 4.29. The first-order valence-corrected chi connectivity index (χ1v) is 8.31. The molecule has 21 heavy (non-hydrogen) atoms. The Morgan fingerprint density at radius 1 is 1.14 bits per heavy atom. The molecule has 0 saturated carbocycles. The highest BCUT2D eigenvalue weighted by molar-refractivity contribution is 9.10. The van der Waals surface area contributed by atoms with Gasteiger partial charge in [-0.2, -0.15) is 0 Å². The lowest BCUT2D eigenvalue weighted by Gasteiger charge is -2.38. The highest BCUT2D eigenvalue weighted by Crippen LogP contribution is 2.27. The third kappa shape index (κ3) is 3.54. The third-order valence-corrected chi connectivity index (χ3v) is 4.78. The number of nitrogens with one attached hydrogen (secondary N) is 1. The molecule has 1 N–H and O–H groups in total. The molecule has 2 atom stereocenters. The van der Waals surface area contributed by atoms with E-state index in [0.717, 1.165) is 24.1 Å². The average Bonchev–Trinajstić information content (AvgIpc) is 2.55. The summed E-state index contributed by atoms with van der Waals surface area (Å²) >= 11 is 3.57. The Kier molecular flexibility index (Phi) is 4.73. The van der Waals surface area contributed by atoms with Gasteiger partial charge >= 0.3 is 0 Å². The molecule has 1 aliphatic heterocycles. The van der Waals surface area contributed by atoms with Crippen LogP contribution in [0.15, 0.2) is 59.1 Å². The standard InChI is InChI=1S/C18H21BrN2/c1-14(16-8-5-9-17(19)12-16)21-11-10-20-18(13-21)15-6-3-2-4-7-15/h2-9,12,14,18,20H,10-11,13H2,1H3. The van der Waals surface area contributed by atoms with Crippen molar-refractivity contribution in [3.05, 3.63) is 70.2 Å². The van der Waals surface area contributed by atoms with Crippen molar-refractivity contribution in [1.82, 2.24) is 10.2 Å². The summed E-state index contributed by atoms with van der Waals surface area (Å²) < 4.78 is 1.15. The number of benzene rings is 2. The lowest BCUT2D eigenvalue weighted by Crippen LogP contribution is -2.46. The zero-order valence-corrected chi connectivity index (χ0v) is 13.9. The van der Waals surface area contributed by atoms with Crippen LogP contribution in [0.3, 0.4) is 0 Å². The minimum absolute atomic E-state index is 0.426. The van der Waals surface area contributed by atoms with Gasteiger partial charge in [0.2, 0.25) is 0 Å². The first kappa shape index (κ1) is 14.8. The van der Waals surface area contributed by atoms with Crippen LogP contribution in [0.1, 0.15) is 30.1 Å². The zero-order chi connectivity index (χ0) is 14.7. The fraction of sp³-hybridized carbons (Fsp3) is 0.333. The second-order valence-electron chi connectivity index (χ2n) is 5.64. The normalized spacial score (nSPS) is 21.1. The molecule has 110 valence electrons. The molecule has 0 spiro atoms. The van der Waals surface area contributed by atoms with Crippen LogP contribution >= 0.6 is 15.9 Å². The average molecular weight is 345 g/mol. The van der Waals surface area contributed by atoms with Gasteiger partial charge in [-0.15, -0.1) is 0 Å². The topological polar surface area (TPSA) is 15.3 Å². The van der Waals surface area contributed by atoms with Crippen molar-refractivity contribution in [2.24, 2.45) is 0 Å². The van der Waals surface area contributed by atoms with E-state index in [-0.39, 0.29) is 0 Å². The minimum atomic E-state index is 0.426. The summed E-state index contributed by atoms with van der Waals surface area (Å²) in [4.78, 5) is 2.57. The molecule has 2 unspecified atom stereocenters. The van der Waals surface area contributed by atoms with Crippen LogP contribution in [0.4, 0.5) is 0 Å². The van der Waals surface area contributed by atoms with Crippen LogP contribution < -0.4 is 5.32 Å². The van der Waals surface area contributed by atoms with Gasteiger partial charge in [-0.1, -0.05) is 58.4 Å². The van der Waals surface area contributed by atoms with Crippen LogP contribution in [0.2, 0.25) is 0 Å². The Hall–Kier alpha value is -1.16. The molecule has 0 bridgehead atoms. The molecule has 1 fully saturated rings. The molecule has 0 aromatic heterocycles. The van der Waals surface area contributed by atoms with Gasteiger partial charge in [-0.05, 0) is 30.2 Å². The number of hydrogen-bond donors (Lipinski definition) is 1. The Bertz CT molecular complexity index is 585. The first-order chi connectivity index (χ1) is 10.2. The summed E-state index contributed by atoms with van der Waals surface area (Å²) in [6.45, 7) is 5.49. The summed E-state index contributed by atoms with van der Waals surface area (Å²) in [5, 5.41) is 3.63. The molecular weight excluding hydrogens is 324 g/mol. The lowest BCUT2D eigenvalue weighted by molar-refractivity contribution is 0.153. The monoisotopic (exact) mass is 344 g/mol. The lowest BCUT2D eigenvalue weighted by atomic mass is 10.0. The Labute approximate surface area is 135 Å². The summed E-state index contributed by atoms with van der Waals surface area (Å²) in [6, 6.07) is 20.3. The molecule has 1 heterocycles. The summed E-state index contributed by atoms with van der Waals surface area (Å²) in [5.41, 5.74) is 2.75. The van der Waals surface area contributed by atoms with Gasteiger partial charge in [0.25, 0.3) is 0 Å². The molecule has 1 aliphatic rings. The van der Waals surface area contributed by atoms with Crippen LogP contribution in [0.5, 0.6) is 0 Å². The molecule has 2 aromatic carbocycles. The molecule has 1 saturated heterocycles. The van der Waals surface area contributed by atoms with Gasteiger partial charge in [0.1, 0.15) is 0 Å². The second kappa shape index (κ2) is 6.73. The van der Waals surface area contributed by atoms with Crippen molar-refractivity contribution >= 4 is 15.9 Å². The number of hydrogen-bond acceptors (Lipinski definition) is 2. The molecule has 3 rings (SSSR count). The molecule has 0 aliphatic carbocycles. The number of piperazine rings is 1. The largest absolute Gasteiger partial charge is 0.308 e. The Morgan fingerprint density at radius 2 is 1.95 bits per heavy atom. The molecule has 2 aromatic rings. The van der Waals surface area contributed by atoms with E-state index in [1.54, 1.807) is 0 Å². The van der Waals surface area contributed by atoms with Crippen molar-refractivity contribution < 1.29 is 0 Å². The van der Waals surface area contributed by atoms with E-state index in [9.17, 15) is 0 Å². The van der Waals surface area contributed by atoms with Crippen molar-refractivity contribution in [1.29, 1.82) is 0 Å². The van der Waals surface area contributed by atoms with E-state index in [1.165, 1.54) is 11.1 Å². The van der Waals surface area contributed by atoms with E-state index in [0.29, 0.717) is 12.1 Å². The molecular formula is C18H21BrN2. The van der Waals surface area contributed by atoms with Gasteiger partial charge in [-0.25, -0.2) is 0 Å². The molecule has 0 amide bonds. The zero-order valence-electron chi connectivity index (χ0n) is 12.3.